The van der Waals surface area contributed by atoms with Crippen LogP contribution in [0.2, 0.25) is 0 Å². The van der Waals surface area contributed by atoms with Crippen LogP contribution in [-0.2, 0) is 0 Å². The quantitative estimate of drug-likeness (QED) is 0.307. The number of rotatable bonds is 13. The van der Waals surface area contributed by atoms with Crippen molar-refractivity contribution in [2.75, 3.05) is 32.8 Å². The fourth-order valence-electron chi connectivity index (χ4n) is 3.37. The first kappa shape index (κ1) is 19.4. The molecule has 0 fully saturated rings. The molecule has 0 aromatic heterocycles. The number of aliphatic hydroxyl groups is 1. The molecule has 1 unspecified atom stereocenters. The third kappa shape index (κ3) is 6.62. The van der Waals surface area contributed by atoms with Crippen LogP contribution in [0.1, 0.15) is 71.6 Å². The van der Waals surface area contributed by atoms with Crippen molar-refractivity contribution in [2.24, 2.45) is 4.99 Å². The maximum absolute atomic E-state index is 9.31. The molecule has 0 aliphatic carbocycles. The van der Waals surface area contributed by atoms with Crippen molar-refractivity contribution in [1.82, 2.24) is 0 Å². The third-order valence-electron chi connectivity index (χ3n) is 4.92. The maximum atomic E-state index is 9.31. The Bertz CT molecular complexity index is 338. The highest BCUT2D eigenvalue weighted by Crippen LogP contribution is 2.19. The molecule has 0 bridgehead atoms. The summed E-state index contributed by atoms with van der Waals surface area (Å²) in [5.74, 6) is 1.33. The van der Waals surface area contributed by atoms with Crippen molar-refractivity contribution in [3.63, 3.8) is 0 Å². The van der Waals surface area contributed by atoms with E-state index in [4.69, 9.17) is 4.99 Å². The molecule has 3 heteroatoms. The van der Waals surface area contributed by atoms with Crippen molar-refractivity contribution < 1.29 is 9.59 Å². The molecular formula is C19H37N2O+. The molecule has 0 saturated carbocycles. The van der Waals surface area contributed by atoms with Gasteiger partial charge in [0.2, 0.25) is 0 Å². The predicted molar refractivity (Wildman–Crippen MR) is 96.3 cm³/mol. The lowest BCUT2D eigenvalue weighted by Gasteiger charge is -2.33. The second-order valence-electron chi connectivity index (χ2n) is 6.50. The molecule has 1 aliphatic heterocycles. The first-order valence-electron chi connectivity index (χ1n) is 9.45. The topological polar surface area (TPSA) is 32.6 Å². The van der Waals surface area contributed by atoms with Gasteiger partial charge in [0.25, 0.3) is 0 Å². The third-order valence-corrected chi connectivity index (χ3v) is 4.92. The molecule has 1 aliphatic rings. The molecule has 1 heterocycles. The smallest absolute Gasteiger partial charge is 0.198 e. The number of quaternary nitrogens is 1. The Balaban J connectivity index is 2.12. The Morgan fingerprint density at radius 1 is 1.05 bits per heavy atom. The van der Waals surface area contributed by atoms with Gasteiger partial charge in [-0.1, -0.05) is 38.3 Å². The van der Waals surface area contributed by atoms with Crippen LogP contribution >= 0.6 is 0 Å². The van der Waals surface area contributed by atoms with Gasteiger partial charge in [-0.05, 0) is 39.0 Å². The summed E-state index contributed by atoms with van der Waals surface area (Å²) in [7, 11) is 0. The van der Waals surface area contributed by atoms with Gasteiger partial charge < -0.3 is 5.11 Å². The molecule has 1 atom stereocenters. The first-order valence-corrected chi connectivity index (χ1v) is 9.45. The molecule has 1 rings (SSSR count). The number of nitrogens with zero attached hydrogens (tertiary/aromatic N) is 2. The van der Waals surface area contributed by atoms with Crippen LogP contribution in [0.15, 0.2) is 17.1 Å². The van der Waals surface area contributed by atoms with E-state index >= 15 is 0 Å². The number of aliphatic imine (C=N–C) groups is 1. The van der Waals surface area contributed by atoms with Gasteiger partial charge in [0.15, 0.2) is 5.84 Å². The molecule has 0 amide bonds. The lowest BCUT2D eigenvalue weighted by Crippen LogP contribution is -2.52. The van der Waals surface area contributed by atoms with Gasteiger partial charge in [-0.2, -0.15) is 0 Å². The first-order chi connectivity index (χ1) is 10.8. The average molecular weight is 310 g/mol. The van der Waals surface area contributed by atoms with Crippen LogP contribution in [-0.4, -0.2) is 48.2 Å². The van der Waals surface area contributed by atoms with Gasteiger partial charge in [0.05, 0.1) is 19.7 Å². The summed E-state index contributed by atoms with van der Waals surface area (Å²) >= 11 is 0. The molecule has 1 N–H and O–H groups in total. The summed E-state index contributed by atoms with van der Waals surface area (Å²) in [6.45, 7) is 8.69. The number of amidine groups is 1. The summed E-state index contributed by atoms with van der Waals surface area (Å²) in [6, 6.07) is 0. The molecule has 0 aromatic carbocycles. The standard InChI is InChI=1S/C19H37N2O/c1-3-5-6-7-8-9-10-11-12-13-14-19-20-15-16-21(19,4-2)17-18-22/h9-10,22H,3-8,11-18H2,1-2H3/q+1/b10-9+. The van der Waals surface area contributed by atoms with Crippen LogP contribution in [0, 0.1) is 0 Å². The summed E-state index contributed by atoms with van der Waals surface area (Å²) in [4.78, 5) is 4.71. The highest BCUT2D eigenvalue weighted by atomic mass is 16.3. The predicted octanol–water partition coefficient (Wildman–Crippen LogP) is 4.31. The van der Waals surface area contributed by atoms with Crippen molar-refractivity contribution in [3.05, 3.63) is 12.2 Å². The van der Waals surface area contributed by atoms with E-state index in [1.807, 2.05) is 0 Å². The maximum Gasteiger partial charge on any atom is 0.198 e. The normalized spacial score (nSPS) is 21.7. The number of allylic oxidation sites excluding steroid dienone is 2. The second-order valence-corrected chi connectivity index (χ2v) is 6.50. The van der Waals surface area contributed by atoms with Crippen molar-refractivity contribution in [1.29, 1.82) is 0 Å². The minimum Gasteiger partial charge on any atom is -0.390 e. The molecule has 0 spiro atoms. The van der Waals surface area contributed by atoms with Gasteiger partial charge in [-0.25, -0.2) is 4.99 Å². The Kier molecular flexibility index (Phi) is 10.4. The summed E-state index contributed by atoms with van der Waals surface area (Å²) in [5.41, 5.74) is 0. The van der Waals surface area contributed by atoms with E-state index in [0.29, 0.717) is 0 Å². The van der Waals surface area contributed by atoms with Crippen molar-refractivity contribution in [2.45, 2.75) is 71.6 Å². The van der Waals surface area contributed by atoms with E-state index in [0.717, 1.165) is 37.1 Å². The number of hydrogen-bond donors (Lipinski definition) is 1. The Morgan fingerprint density at radius 2 is 1.77 bits per heavy atom. The Hall–Kier alpha value is -0.670. The van der Waals surface area contributed by atoms with Gasteiger partial charge in [-0.3, -0.25) is 4.48 Å². The summed E-state index contributed by atoms with van der Waals surface area (Å²) < 4.78 is 0.934. The summed E-state index contributed by atoms with van der Waals surface area (Å²) in [6.07, 6.45) is 16.2. The fourth-order valence-corrected chi connectivity index (χ4v) is 3.37. The van der Waals surface area contributed by atoms with Crippen molar-refractivity contribution >= 4 is 5.84 Å². The minimum absolute atomic E-state index is 0.271. The van der Waals surface area contributed by atoms with Gasteiger partial charge in [-0.15, -0.1) is 0 Å². The molecule has 0 saturated heterocycles. The number of likely N-dealkylation sites (N-methyl/N-ethyl adjacent to an activating group) is 1. The lowest BCUT2D eigenvalue weighted by molar-refractivity contribution is -0.835. The van der Waals surface area contributed by atoms with E-state index in [2.05, 4.69) is 26.0 Å². The van der Waals surface area contributed by atoms with E-state index in [1.54, 1.807) is 0 Å². The second kappa shape index (κ2) is 11.8. The minimum atomic E-state index is 0.271. The zero-order chi connectivity index (χ0) is 16.1. The van der Waals surface area contributed by atoms with Gasteiger partial charge in [0, 0.05) is 6.42 Å². The van der Waals surface area contributed by atoms with Gasteiger partial charge in [0.1, 0.15) is 13.1 Å². The SMILES string of the molecule is CCCCCC/C=C/CCCCC1=NCC[N+]1(CC)CCO. The molecule has 3 nitrogen and oxygen atoms in total. The molecule has 128 valence electrons. The van der Waals surface area contributed by atoms with Crippen LogP contribution in [0.5, 0.6) is 0 Å². The largest absolute Gasteiger partial charge is 0.390 e. The van der Waals surface area contributed by atoms with Crippen LogP contribution in [0.3, 0.4) is 0 Å². The number of aliphatic hydroxyl groups excluding tert-OH is 1. The zero-order valence-electron chi connectivity index (χ0n) is 14.9. The molecular weight excluding hydrogens is 272 g/mol. The average Bonchev–Trinajstić information content (AvgIpc) is 2.93. The Morgan fingerprint density at radius 3 is 2.41 bits per heavy atom. The molecule has 22 heavy (non-hydrogen) atoms. The molecule has 0 aromatic rings. The lowest BCUT2D eigenvalue weighted by atomic mass is 10.1. The summed E-state index contributed by atoms with van der Waals surface area (Å²) in [5, 5.41) is 9.31. The fraction of sp³-hybridized carbons (Fsp3) is 0.842. The van der Waals surface area contributed by atoms with E-state index in [9.17, 15) is 5.11 Å². The number of unbranched alkanes of at least 4 members (excludes halogenated alkanes) is 6. The van der Waals surface area contributed by atoms with Crippen LogP contribution in [0.4, 0.5) is 0 Å². The highest BCUT2D eigenvalue weighted by molar-refractivity contribution is 5.76. The van der Waals surface area contributed by atoms with E-state index < -0.39 is 0 Å². The number of hydrogen-bond acceptors (Lipinski definition) is 2. The highest BCUT2D eigenvalue weighted by Gasteiger charge is 2.35. The van der Waals surface area contributed by atoms with Crippen LogP contribution < -0.4 is 0 Å². The molecule has 0 radical (unpaired) electrons. The van der Waals surface area contributed by atoms with Gasteiger partial charge >= 0.3 is 0 Å². The van der Waals surface area contributed by atoms with E-state index in [1.165, 1.54) is 57.2 Å². The van der Waals surface area contributed by atoms with E-state index in [-0.39, 0.29) is 6.61 Å². The van der Waals surface area contributed by atoms with Crippen molar-refractivity contribution in [3.8, 4) is 0 Å². The zero-order valence-corrected chi connectivity index (χ0v) is 14.9. The monoisotopic (exact) mass is 309 g/mol. The van der Waals surface area contributed by atoms with Crippen LogP contribution in [0.25, 0.3) is 0 Å². The Labute approximate surface area is 137 Å².